The molecule has 0 aromatic carbocycles. The van der Waals surface area contributed by atoms with Gasteiger partial charge in [-0.3, -0.25) is 0 Å². The van der Waals surface area contributed by atoms with Gasteiger partial charge < -0.3 is 10.1 Å². The summed E-state index contributed by atoms with van der Waals surface area (Å²) in [6.45, 7) is 6.04. The molecular weight excluding hydrogens is 274 g/mol. The molecule has 1 heterocycles. The van der Waals surface area contributed by atoms with Gasteiger partial charge in [0.15, 0.2) is 0 Å². The Morgan fingerprint density at radius 2 is 1.91 bits per heavy atom. The van der Waals surface area contributed by atoms with Crippen LogP contribution in [0, 0.1) is 0 Å². The molecular formula is C18H31N3O. The van der Waals surface area contributed by atoms with Crippen LogP contribution in [0.2, 0.25) is 0 Å². The Morgan fingerprint density at radius 1 is 1.09 bits per heavy atom. The Kier molecular flexibility index (Phi) is 7.47. The molecule has 124 valence electrons. The largest absolute Gasteiger partial charge is 0.478 e. The third-order valence-corrected chi connectivity index (χ3v) is 4.23. The van der Waals surface area contributed by atoms with Crippen LogP contribution < -0.4 is 10.1 Å². The topological polar surface area (TPSA) is 47.0 Å². The van der Waals surface area contributed by atoms with Crippen LogP contribution in [-0.2, 0) is 0 Å². The molecule has 1 fully saturated rings. The number of nitrogens with zero attached hydrogens (tertiary/aromatic N) is 2. The van der Waals surface area contributed by atoms with Crippen molar-refractivity contribution in [2.24, 2.45) is 0 Å². The van der Waals surface area contributed by atoms with Crippen molar-refractivity contribution < 1.29 is 4.74 Å². The SMILES string of the molecule is CCCCCNc1cc(OCCC)nc(C2CCCCC2)n1. The molecule has 1 N–H and O–H groups in total. The number of ether oxygens (including phenoxy) is 1. The Morgan fingerprint density at radius 3 is 2.64 bits per heavy atom. The Labute approximate surface area is 135 Å². The normalized spacial score (nSPS) is 15.7. The second-order valence-corrected chi connectivity index (χ2v) is 6.27. The van der Waals surface area contributed by atoms with Crippen LogP contribution in [0.15, 0.2) is 6.07 Å². The predicted molar refractivity (Wildman–Crippen MR) is 91.7 cm³/mol. The molecule has 4 heteroatoms. The van der Waals surface area contributed by atoms with E-state index in [-0.39, 0.29) is 0 Å². The van der Waals surface area contributed by atoms with Gasteiger partial charge >= 0.3 is 0 Å². The lowest BCUT2D eigenvalue weighted by atomic mass is 9.89. The zero-order valence-electron chi connectivity index (χ0n) is 14.2. The minimum absolute atomic E-state index is 0.509. The summed E-state index contributed by atoms with van der Waals surface area (Å²) in [5.74, 6) is 3.15. The number of unbranched alkanes of at least 4 members (excludes halogenated alkanes) is 2. The molecule has 0 amide bonds. The van der Waals surface area contributed by atoms with Crippen LogP contribution in [-0.4, -0.2) is 23.1 Å². The maximum Gasteiger partial charge on any atom is 0.218 e. The molecule has 1 aliphatic carbocycles. The van der Waals surface area contributed by atoms with E-state index in [1.165, 1.54) is 51.4 Å². The van der Waals surface area contributed by atoms with Gasteiger partial charge in [0.1, 0.15) is 11.6 Å². The van der Waals surface area contributed by atoms with E-state index >= 15 is 0 Å². The summed E-state index contributed by atoms with van der Waals surface area (Å²) in [7, 11) is 0. The molecule has 0 spiro atoms. The van der Waals surface area contributed by atoms with Crippen LogP contribution >= 0.6 is 0 Å². The quantitative estimate of drug-likeness (QED) is 0.658. The first-order valence-electron chi connectivity index (χ1n) is 9.09. The van der Waals surface area contributed by atoms with Crippen molar-refractivity contribution in [3.8, 4) is 5.88 Å². The first-order chi connectivity index (χ1) is 10.8. The molecule has 1 saturated carbocycles. The molecule has 0 saturated heterocycles. The molecule has 22 heavy (non-hydrogen) atoms. The highest BCUT2D eigenvalue weighted by atomic mass is 16.5. The third-order valence-electron chi connectivity index (χ3n) is 4.23. The van der Waals surface area contributed by atoms with Gasteiger partial charge in [0.2, 0.25) is 5.88 Å². The van der Waals surface area contributed by atoms with Gasteiger partial charge in [-0.2, -0.15) is 4.98 Å². The smallest absolute Gasteiger partial charge is 0.218 e. The fourth-order valence-electron chi connectivity index (χ4n) is 2.95. The maximum absolute atomic E-state index is 5.76. The average Bonchev–Trinajstić information content (AvgIpc) is 2.57. The van der Waals surface area contributed by atoms with E-state index in [2.05, 4.69) is 24.1 Å². The average molecular weight is 305 g/mol. The number of aromatic nitrogens is 2. The molecule has 1 aliphatic rings. The van der Waals surface area contributed by atoms with Crippen molar-refractivity contribution in [2.75, 3.05) is 18.5 Å². The number of hydrogen-bond acceptors (Lipinski definition) is 4. The van der Waals surface area contributed by atoms with E-state index in [0.29, 0.717) is 5.92 Å². The van der Waals surface area contributed by atoms with Crippen molar-refractivity contribution in [1.82, 2.24) is 9.97 Å². The summed E-state index contributed by atoms with van der Waals surface area (Å²) < 4.78 is 5.76. The molecule has 0 aliphatic heterocycles. The van der Waals surface area contributed by atoms with Gasteiger partial charge in [-0.15, -0.1) is 0 Å². The second-order valence-electron chi connectivity index (χ2n) is 6.27. The van der Waals surface area contributed by atoms with E-state index in [4.69, 9.17) is 9.72 Å². The van der Waals surface area contributed by atoms with Crippen LogP contribution in [0.5, 0.6) is 5.88 Å². The molecule has 1 aromatic heterocycles. The van der Waals surface area contributed by atoms with Gasteiger partial charge in [-0.25, -0.2) is 4.98 Å². The highest BCUT2D eigenvalue weighted by molar-refractivity contribution is 5.39. The van der Waals surface area contributed by atoms with E-state index in [9.17, 15) is 0 Å². The van der Waals surface area contributed by atoms with Crippen molar-refractivity contribution >= 4 is 5.82 Å². The fraction of sp³-hybridized carbons (Fsp3) is 0.778. The van der Waals surface area contributed by atoms with Crippen molar-refractivity contribution in [2.45, 2.75) is 77.6 Å². The van der Waals surface area contributed by atoms with Crippen molar-refractivity contribution in [3.05, 3.63) is 11.9 Å². The molecule has 4 nitrogen and oxygen atoms in total. The summed E-state index contributed by atoms with van der Waals surface area (Å²) in [5.41, 5.74) is 0. The molecule has 0 atom stereocenters. The van der Waals surface area contributed by atoms with E-state index in [1.54, 1.807) is 0 Å². The van der Waals surface area contributed by atoms with Crippen LogP contribution in [0.3, 0.4) is 0 Å². The predicted octanol–water partition coefficient (Wildman–Crippen LogP) is 4.92. The van der Waals surface area contributed by atoms with E-state index in [0.717, 1.165) is 37.1 Å². The Bertz CT molecular complexity index is 430. The van der Waals surface area contributed by atoms with Gasteiger partial charge in [0.05, 0.1) is 6.61 Å². The van der Waals surface area contributed by atoms with Crippen molar-refractivity contribution in [3.63, 3.8) is 0 Å². The summed E-state index contributed by atoms with van der Waals surface area (Å²) >= 11 is 0. The first-order valence-corrected chi connectivity index (χ1v) is 9.09. The Hall–Kier alpha value is -1.32. The maximum atomic E-state index is 5.76. The lowest BCUT2D eigenvalue weighted by Crippen LogP contribution is -2.13. The lowest BCUT2D eigenvalue weighted by molar-refractivity contribution is 0.301. The van der Waals surface area contributed by atoms with E-state index < -0.39 is 0 Å². The zero-order valence-corrected chi connectivity index (χ0v) is 14.2. The molecule has 0 bridgehead atoms. The molecule has 2 rings (SSSR count). The second kappa shape index (κ2) is 9.65. The summed E-state index contributed by atoms with van der Waals surface area (Å²) in [6.07, 6.45) is 11.1. The summed E-state index contributed by atoms with van der Waals surface area (Å²) in [6, 6.07) is 1.95. The van der Waals surface area contributed by atoms with Gasteiger partial charge in [-0.1, -0.05) is 46.0 Å². The highest BCUT2D eigenvalue weighted by Crippen LogP contribution is 2.32. The Balaban J connectivity index is 2.05. The molecule has 0 unspecified atom stereocenters. The van der Waals surface area contributed by atoms with Gasteiger partial charge in [0.25, 0.3) is 0 Å². The molecule has 0 radical (unpaired) electrons. The number of hydrogen-bond donors (Lipinski definition) is 1. The molecule has 1 aromatic rings. The van der Waals surface area contributed by atoms with Crippen LogP contribution in [0.4, 0.5) is 5.82 Å². The van der Waals surface area contributed by atoms with Gasteiger partial charge in [-0.05, 0) is 25.7 Å². The fourth-order valence-corrected chi connectivity index (χ4v) is 2.95. The number of nitrogens with one attached hydrogen (secondary N) is 1. The van der Waals surface area contributed by atoms with E-state index in [1.807, 2.05) is 6.07 Å². The zero-order chi connectivity index (χ0) is 15.6. The third kappa shape index (κ3) is 5.47. The first kappa shape index (κ1) is 17.0. The van der Waals surface area contributed by atoms with Gasteiger partial charge in [0, 0.05) is 18.5 Å². The lowest BCUT2D eigenvalue weighted by Gasteiger charge is -2.21. The number of anilines is 1. The van der Waals surface area contributed by atoms with Crippen molar-refractivity contribution in [1.29, 1.82) is 0 Å². The standard InChI is InChI=1S/C18H31N3O/c1-3-5-9-12-19-16-14-17(22-13-4-2)21-18(20-16)15-10-7-6-8-11-15/h14-15H,3-13H2,1-2H3,(H,19,20,21). The highest BCUT2D eigenvalue weighted by Gasteiger charge is 2.19. The summed E-state index contributed by atoms with van der Waals surface area (Å²) in [5, 5.41) is 3.44. The number of rotatable bonds is 9. The minimum atomic E-state index is 0.509. The minimum Gasteiger partial charge on any atom is -0.478 e. The summed E-state index contributed by atoms with van der Waals surface area (Å²) in [4.78, 5) is 9.43. The van der Waals surface area contributed by atoms with Crippen LogP contribution in [0.25, 0.3) is 0 Å². The van der Waals surface area contributed by atoms with Crippen LogP contribution in [0.1, 0.15) is 83.4 Å². The monoisotopic (exact) mass is 305 g/mol.